The second-order valence-electron chi connectivity index (χ2n) is 2.11. The van der Waals surface area contributed by atoms with Crippen molar-refractivity contribution in [3.63, 3.8) is 0 Å². The summed E-state index contributed by atoms with van der Waals surface area (Å²) in [7, 11) is -0.510. The Labute approximate surface area is 70.0 Å². The van der Waals surface area contributed by atoms with Crippen molar-refractivity contribution >= 4 is 16.9 Å². The molecule has 4 nitrogen and oxygen atoms in total. The molecule has 1 radical (unpaired) electrons. The summed E-state index contributed by atoms with van der Waals surface area (Å²) in [5, 5.41) is 0. The summed E-state index contributed by atoms with van der Waals surface area (Å²) in [6.07, 6.45) is 0. The lowest BCUT2D eigenvalue weighted by atomic mass is 11.0. The van der Waals surface area contributed by atoms with Crippen molar-refractivity contribution in [2.75, 3.05) is 21.3 Å². The van der Waals surface area contributed by atoms with E-state index in [1.165, 1.54) is 21.3 Å². The summed E-state index contributed by atoms with van der Waals surface area (Å²) in [4.78, 5) is 11.4. The molecule has 0 aromatic heterocycles. The van der Waals surface area contributed by atoms with Gasteiger partial charge in [-0.3, -0.25) is 4.80 Å². The first-order valence-corrected chi connectivity index (χ1v) is 8.30. The van der Waals surface area contributed by atoms with Gasteiger partial charge in [-0.05, 0) is 6.04 Å². The number of hydrogen-bond acceptors (Lipinski definition) is 3. The van der Waals surface area contributed by atoms with Crippen molar-refractivity contribution in [3.8, 4) is 0 Å². The fraction of sp³-hybridized carbons (Fsp3) is 1.00. The fourth-order valence-electron chi connectivity index (χ4n) is 0.894. The second kappa shape index (κ2) is 5.01. The maximum Gasteiger partial charge on any atom is 0.502 e. The van der Waals surface area contributed by atoms with Gasteiger partial charge in [0.1, 0.15) is 0 Å². The first-order chi connectivity index (χ1) is 5.16. The molecule has 0 heterocycles. The van der Waals surface area contributed by atoms with Gasteiger partial charge in [0, 0.05) is 21.3 Å². The van der Waals surface area contributed by atoms with Crippen LogP contribution in [0.3, 0.4) is 0 Å². The molecule has 0 spiro atoms. The zero-order valence-corrected chi connectivity index (χ0v) is 9.57. The Morgan fingerprint density at radius 1 is 1.18 bits per heavy atom. The third-order valence-electron chi connectivity index (χ3n) is 1.62. The van der Waals surface area contributed by atoms with Crippen LogP contribution in [0.1, 0.15) is 6.92 Å². The van der Waals surface area contributed by atoms with E-state index in [0.717, 1.165) is 0 Å². The van der Waals surface area contributed by atoms with E-state index < -0.39 is 16.9 Å². The van der Waals surface area contributed by atoms with E-state index in [0.29, 0.717) is 6.04 Å². The zero-order chi connectivity index (χ0) is 8.91. The van der Waals surface area contributed by atoms with Gasteiger partial charge < -0.3 is 13.3 Å². The maximum atomic E-state index is 11.4. The van der Waals surface area contributed by atoms with E-state index in [4.69, 9.17) is 13.3 Å². The van der Waals surface area contributed by atoms with Gasteiger partial charge in [0.2, 0.25) is 0 Å². The van der Waals surface area contributed by atoms with E-state index in [1.54, 1.807) is 0 Å². The largest absolute Gasteiger partial charge is 0.502 e. The van der Waals surface area contributed by atoms with Crippen molar-refractivity contribution < 1.29 is 18.1 Å². The third-order valence-corrected chi connectivity index (χ3v) is 10.6. The Hall–Kier alpha value is 0.274. The second-order valence-corrected chi connectivity index (χ2v) is 10.4. The molecule has 67 valence electrons. The van der Waals surface area contributed by atoms with Crippen molar-refractivity contribution in [2.24, 2.45) is 0 Å². The molecule has 0 aliphatic rings. The Morgan fingerprint density at radius 2 is 1.55 bits per heavy atom. The molecule has 0 fully saturated rings. The van der Waals surface area contributed by atoms with Crippen LogP contribution in [-0.2, 0) is 18.1 Å². The summed E-state index contributed by atoms with van der Waals surface area (Å²) in [6, 6.07) is 0.599. The van der Waals surface area contributed by atoms with Crippen molar-refractivity contribution in [1.82, 2.24) is 0 Å². The quantitative estimate of drug-likeness (QED) is 0.585. The predicted molar refractivity (Wildman–Crippen MR) is 45.1 cm³/mol. The topological polar surface area (TPSA) is 47.6 Å². The van der Waals surface area contributed by atoms with Gasteiger partial charge in [0.15, 0.2) is 0 Å². The van der Waals surface area contributed by atoms with Crippen LogP contribution in [-0.4, -0.2) is 38.2 Å². The first-order valence-electron chi connectivity index (χ1n) is 3.48. The van der Waals surface area contributed by atoms with E-state index in [9.17, 15) is 4.80 Å². The van der Waals surface area contributed by atoms with Crippen LogP contribution in [0.2, 0.25) is 6.04 Å². The van der Waals surface area contributed by atoms with Gasteiger partial charge in [-0.15, -0.1) is 0 Å². The Balaban J connectivity index is 4.26. The van der Waals surface area contributed by atoms with Crippen LogP contribution in [0.15, 0.2) is 0 Å². The molecule has 1 atom stereocenters. The van der Waals surface area contributed by atoms with Crippen molar-refractivity contribution in [2.45, 2.75) is 13.0 Å². The van der Waals surface area contributed by atoms with Crippen molar-refractivity contribution in [1.29, 1.82) is 0 Å². The lowest BCUT2D eigenvalue weighted by Crippen LogP contribution is -2.56. The lowest BCUT2D eigenvalue weighted by molar-refractivity contribution is 0.139. The van der Waals surface area contributed by atoms with E-state index in [1.807, 2.05) is 6.92 Å². The summed E-state index contributed by atoms with van der Waals surface area (Å²) >= 11 is 0. The van der Waals surface area contributed by atoms with Crippen LogP contribution >= 0.6 is 0 Å². The molecule has 0 rings (SSSR count). The summed E-state index contributed by atoms with van der Waals surface area (Å²) in [5.41, 5.74) is 0. The molecule has 0 aromatic carbocycles. The molecule has 0 N–H and O–H groups in total. The van der Waals surface area contributed by atoms with E-state index in [2.05, 4.69) is 0 Å². The Kier molecular flexibility index (Phi) is 5.14. The van der Waals surface area contributed by atoms with Crippen LogP contribution in [0.5, 0.6) is 0 Å². The number of rotatable bonds is 5. The smallest absolute Gasteiger partial charge is 0.378 e. The minimum atomic E-state index is -2.74. The van der Waals surface area contributed by atoms with Gasteiger partial charge in [-0.1, -0.05) is 6.92 Å². The molecule has 0 aliphatic heterocycles. The molecule has 1 unspecified atom stereocenters. The number of hydrogen-bond donors (Lipinski definition) is 0. The Bertz CT molecular complexity index is 98.4. The van der Waals surface area contributed by atoms with Crippen LogP contribution < -0.4 is 0 Å². The minimum Gasteiger partial charge on any atom is -0.378 e. The Morgan fingerprint density at radius 3 is 1.64 bits per heavy atom. The first kappa shape index (κ1) is 11.3. The SMILES string of the molecule is CC[SiH]([O])[Si](OC)(OC)OC. The highest BCUT2D eigenvalue weighted by molar-refractivity contribution is 7.21. The zero-order valence-electron chi connectivity index (χ0n) is 7.42. The van der Waals surface area contributed by atoms with Gasteiger partial charge in [0.05, 0.1) is 0 Å². The molecular weight excluding hydrogens is 180 g/mol. The molecule has 0 aliphatic carbocycles. The van der Waals surface area contributed by atoms with E-state index in [-0.39, 0.29) is 0 Å². The molecule has 0 bridgehead atoms. The molecule has 0 aromatic rings. The van der Waals surface area contributed by atoms with Gasteiger partial charge in [0.25, 0.3) is 0 Å². The summed E-state index contributed by atoms with van der Waals surface area (Å²) in [5.74, 6) is 0. The summed E-state index contributed by atoms with van der Waals surface area (Å²) < 4.78 is 15.1. The molecular formula is C5H15O4Si2. The summed E-state index contributed by atoms with van der Waals surface area (Å²) in [6.45, 7) is 1.85. The van der Waals surface area contributed by atoms with Crippen LogP contribution in [0.4, 0.5) is 0 Å². The minimum absolute atomic E-state index is 0.599. The van der Waals surface area contributed by atoms with Gasteiger partial charge >= 0.3 is 16.9 Å². The lowest BCUT2D eigenvalue weighted by Gasteiger charge is -2.25. The van der Waals surface area contributed by atoms with Crippen molar-refractivity contribution in [3.05, 3.63) is 0 Å². The fourth-order valence-corrected chi connectivity index (χ4v) is 6.55. The molecule has 11 heavy (non-hydrogen) atoms. The highest BCUT2D eigenvalue weighted by Gasteiger charge is 2.48. The molecule has 0 saturated carbocycles. The highest BCUT2D eigenvalue weighted by atomic mass is 29.3. The highest BCUT2D eigenvalue weighted by Crippen LogP contribution is 2.11. The standard InChI is InChI=1S/C5H15O4Si2/c1-5-10(6)11(7-2,8-3)9-4/h10H,5H2,1-4H3. The molecule has 0 saturated heterocycles. The third kappa shape index (κ3) is 2.36. The van der Waals surface area contributed by atoms with Crippen LogP contribution in [0, 0.1) is 0 Å². The molecule has 0 amide bonds. The van der Waals surface area contributed by atoms with Gasteiger partial charge in [-0.2, -0.15) is 0 Å². The van der Waals surface area contributed by atoms with Crippen LogP contribution in [0.25, 0.3) is 0 Å². The van der Waals surface area contributed by atoms with Gasteiger partial charge in [-0.25, -0.2) is 0 Å². The normalized spacial score (nSPS) is 15.0. The average molecular weight is 195 g/mol. The average Bonchev–Trinajstić information content (AvgIpc) is 2.08. The predicted octanol–water partition coefficient (Wildman–Crippen LogP) is 0.117. The van der Waals surface area contributed by atoms with E-state index >= 15 is 0 Å². The molecule has 6 heteroatoms. The monoisotopic (exact) mass is 195 g/mol. The maximum absolute atomic E-state index is 11.4.